The summed E-state index contributed by atoms with van der Waals surface area (Å²) < 4.78 is 5.50. The zero-order valence-corrected chi connectivity index (χ0v) is 29.8. The van der Waals surface area contributed by atoms with Crippen LogP contribution in [0, 0.1) is 0 Å². The van der Waals surface area contributed by atoms with Gasteiger partial charge in [0, 0.05) is 0 Å². The predicted octanol–water partition coefficient (Wildman–Crippen LogP) is 13.3. The van der Waals surface area contributed by atoms with E-state index in [1.54, 1.807) is 12.5 Å². The van der Waals surface area contributed by atoms with Crippen molar-refractivity contribution in [1.82, 2.24) is 0 Å². The van der Waals surface area contributed by atoms with Crippen LogP contribution in [0.2, 0.25) is 0 Å². The summed E-state index contributed by atoms with van der Waals surface area (Å²) in [6, 6.07) is 0. The molecule has 0 aromatic heterocycles. The van der Waals surface area contributed by atoms with Crippen LogP contribution in [-0.2, 0) is 4.74 Å². The van der Waals surface area contributed by atoms with Gasteiger partial charge in [-0.1, -0.05) is 155 Å². The van der Waals surface area contributed by atoms with Gasteiger partial charge in [0.25, 0.3) is 0 Å². The second kappa shape index (κ2) is 31.2. The molecular formula is C40H78O3. The Labute approximate surface area is 270 Å². The smallest absolute Gasteiger partial charge is 0.0861 e. The number of aliphatic hydroxyl groups is 2. The zero-order valence-electron chi connectivity index (χ0n) is 29.8. The lowest BCUT2D eigenvalue weighted by Gasteiger charge is -2.23. The van der Waals surface area contributed by atoms with E-state index in [0.717, 1.165) is 64.2 Å². The summed E-state index contributed by atoms with van der Waals surface area (Å²) in [6.45, 7) is 8.56. The molecule has 0 spiro atoms. The van der Waals surface area contributed by atoms with Gasteiger partial charge >= 0.3 is 0 Å². The number of allylic oxidation sites excluding steroid dienone is 2. The number of rotatable bonds is 34. The Kier molecular flexibility index (Phi) is 30.6. The first kappa shape index (κ1) is 42.2. The molecular weight excluding hydrogens is 528 g/mol. The minimum atomic E-state index is -0.539. The highest BCUT2D eigenvalue weighted by Crippen LogP contribution is 2.23. The molecule has 0 fully saturated rings. The van der Waals surface area contributed by atoms with Crippen LogP contribution >= 0.6 is 0 Å². The molecule has 0 saturated carbocycles. The Balaban J connectivity index is 3.58. The largest absolute Gasteiger partial charge is 0.473 e. The summed E-state index contributed by atoms with van der Waals surface area (Å²) in [5.74, 6) is 0. The third-order valence-corrected chi connectivity index (χ3v) is 9.16. The summed E-state index contributed by atoms with van der Waals surface area (Å²) >= 11 is 0. The normalized spacial score (nSPS) is 14.9. The van der Waals surface area contributed by atoms with Gasteiger partial charge in [0.2, 0.25) is 0 Å². The Hall–Kier alpha value is -0.800. The molecule has 2 unspecified atom stereocenters. The van der Waals surface area contributed by atoms with Crippen molar-refractivity contribution in [1.29, 1.82) is 0 Å². The second-order valence-corrected chi connectivity index (χ2v) is 14.2. The molecule has 0 aromatic rings. The van der Waals surface area contributed by atoms with Crippen LogP contribution in [0.4, 0.5) is 0 Å². The SMILES string of the molecule is CCCCCCCCCCCCCC(C)(O)CCCC=COC=CCCCC(C)(O)CCCCCCCCCCCCC. The Morgan fingerprint density at radius 2 is 0.651 bits per heavy atom. The number of ether oxygens (including phenoxy) is 1. The van der Waals surface area contributed by atoms with Gasteiger partial charge in [-0.3, -0.25) is 0 Å². The first-order chi connectivity index (χ1) is 20.8. The summed E-state index contributed by atoms with van der Waals surface area (Å²) in [4.78, 5) is 0. The lowest BCUT2D eigenvalue weighted by atomic mass is 9.92. The van der Waals surface area contributed by atoms with Gasteiger partial charge in [-0.15, -0.1) is 0 Å². The molecule has 0 aliphatic rings. The Morgan fingerprint density at radius 3 is 0.953 bits per heavy atom. The van der Waals surface area contributed by atoms with Gasteiger partial charge < -0.3 is 14.9 Å². The van der Waals surface area contributed by atoms with E-state index in [9.17, 15) is 10.2 Å². The van der Waals surface area contributed by atoms with Crippen LogP contribution in [0.5, 0.6) is 0 Å². The second-order valence-electron chi connectivity index (χ2n) is 14.2. The zero-order chi connectivity index (χ0) is 31.7. The van der Waals surface area contributed by atoms with E-state index in [2.05, 4.69) is 26.0 Å². The highest BCUT2D eigenvalue weighted by Gasteiger charge is 2.19. The molecule has 2 N–H and O–H groups in total. The van der Waals surface area contributed by atoms with Crippen molar-refractivity contribution < 1.29 is 14.9 Å². The summed E-state index contributed by atoms with van der Waals surface area (Å²) in [5.41, 5.74) is -1.08. The molecule has 0 aliphatic heterocycles. The average Bonchev–Trinajstić information content (AvgIpc) is 2.97. The van der Waals surface area contributed by atoms with Crippen LogP contribution in [-0.4, -0.2) is 21.4 Å². The lowest BCUT2D eigenvalue weighted by molar-refractivity contribution is 0.0370. The minimum Gasteiger partial charge on any atom is -0.473 e. The van der Waals surface area contributed by atoms with E-state index in [4.69, 9.17) is 4.74 Å². The van der Waals surface area contributed by atoms with Crippen molar-refractivity contribution in [3.63, 3.8) is 0 Å². The third-order valence-electron chi connectivity index (χ3n) is 9.16. The molecule has 256 valence electrons. The van der Waals surface area contributed by atoms with E-state index in [0.29, 0.717) is 0 Å². The monoisotopic (exact) mass is 607 g/mol. The lowest BCUT2D eigenvalue weighted by Crippen LogP contribution is -2.23. The summed E-state index contributed by atoms with van der Waals surface area (Å²) in [6.07, 6.45) is 44.7. The Bertz CT molecular complexity index is 555. The molecule has 2 atom stereocenters. The van der Waals surface area contributed by atoms with Crippen LogP contribution < -0.4 is 0 Å². The van der Waals surface area contributed by atoms with E-state index < -0.39 is 11.2 Å². The van der Waals surface area contributed by atoms with E-state index in [-0.39, 0.29) is 0 Å². The molecule has 43 heavy (non-hydrogen) atoms. The highest BCUT2D eigenvalue weighted by molar-refractivity contribution is 4.82. The maximum absolute atomic E-state index is 10.7. The highest BCUT2D eigenvalue weighted by atomic mass is 16.5. The first-order valence-electron chi connectivity index (χ1n) is 19.2. The van der Waals surface area contributed by atoms with Gasteiger partial charge in [-0.25, -0.2) is 0 Å². The number of hydrogen-bond acceptors (Lipinski definition) is 3. The quantitative estimate of drug-likeness (QED) is 0.0566. The molecule has 0 saturated heterocycles. The molecule has 0 heterocycles. The molecule has 0 aliphatic carbocycles. The fourth-order valence-corrected chi connectivity index (χ4v) is 6.08. The van der Waals surface area contributed by atoms with Gasteiger partial charge in [0.15, 0.2) is 0 Å². The fraction of sp³-hybridized carbons (Fsp3) is 0.900. The number of hydrogen-bond donors (Lipinski definition) is 2. The van der Waals surface area contributed by atoms with Crippen molar-refractivity contribution in [2.24, 2.45) is 0 Å². The molecule has 0 rings (SSSR count). The van der Waals surface area contributed by atoms with Gasteiger partial charge in [-0.2, -0.15) is 0 Å². The van der Waals surface area contributed by atoms with E-state index >= 15 is 0 Å². The molecule has 3 heteroatoms. The van der Waals surface area contributed by atoms with Gasteiger partial charge in [0.1, 0.15) is 0 Å². The van der Waals surface area contributed by atoms with Gasteiger partial charge in [0.05, 0.1) is 23.7 Å². The Morgan fingerprint density at radius 1 is 0.395 bits per heavy atom. The minimum absolute atomic E-state index is 0.539. The van der Waals surface area contributed by atoms with Crippen molar-refractivity contribution >= 4 is 0 Å². The predicted molar refractivity (Wildman–Crippen MR) is 190 cm³/mol. The van der Waals surface area contributed by atoms with Gasteiger partial charge in [-0.05, 0) is 77.4 Å². The van der Waals surface area contributed by atoms with Crippen molar-refractivity contribution in [3.8, 4) is 0 Å². The van der Waals surface area contributed by atoms with Crippen LogP contribution in [0.3, 0.4) is 0 Å². The summed E-state index contributed by atoms with van der Waals surface area (Å²) in [5, 5.41) is 21.4. The van der Waals surface area contributed by atoms with Crippen molar-refractivity contribution in [2.75, 3.05) is 0 Å². The molecule has 0 amide bonds. The third kappa shape index (κ3) is 33.9. The maximum atomic E-state index is 10.7. The average molecular weight is 607 g/mol. The molecule has 0 bridgehead atoms. The van der Waals surface area contributed by atoms with E-state index in [1.807, 2.05) is 13.8 Å². The molecule has 0 aromatic carbocycles. The van der Waals surface area contributed by atoms with Crippen LogP contribution in [0.25, 0.3) is 0 Å². The first-order valence-corrected chi connectivity index (χ1v) is 19.2. The molecule has 3 nitrogen and oxygen atoms in total. The topological polar surface area (TPSA) is 49.7 Å². The molecule has 0 radical (unpaired) electrons. The fourth-order valence-electron chi connectivity index (χ4n) is 6.08. The van der Waals surface area contributed by atoms with Crippen molar-refractivity contribution in [2.45, 2.75) is 232 Å². The standard InChI is InChI=1S/C40H78O3/c1-5-7-9-11-13-15-17-19-21-23-27-33-39(3,41)35-29-25-31-37-43-38-32-26-30-36-40(4,42)34-28-24-22-20-18-16-14-12-10-8-6-2/h31-32,37-38,41-42H,5-30,33-36H2,1-4H3. The number of unbranched alkanes of at least 4 members (excludes halogenated alkanes) is 22. The van der Waals surface area contributed by atoms with E-state index in [1.165, 1.54) is 128 Å². The maximum Gasteiger partial charge on any atom is 0.0861 e. The summed E-state index contributed by atoms with van der Waals surface area (Å²) in [7, 11) is 0. The van der Waals surface area contributed by atoms with Crippen LogP contribution in [0.15, 0.2) is 24.7 Å². The van der Waals surface area contributed by atoms with Crippen molar-refractivity contribution in [3.05, 3.63) is 24.7 Å². The van der Waals surface area contributed by atoms with Crippen LogP contribution in [0.1, 0.15) is 220 Å².